The Balaban J connectivity index is 1.61. The number of aromatic nitrogens is 1. The molecule has 0 saturated carbocycles. The zero-order valence-corrected chi connectivity index (χ0v) is 24.4. The topological polar surface area (TPSA) is 12.9 Å². The first-order chi connectivity index (χ1) is 18.4. The standard InChI is InChI=1S/C35H35NP2/c1-34(2,37(28-18-9-5-10-19-28)29-20-11-6-12-21-29)32-26-17-27-33(36-32)35(3,4)38(30-22-13-7-14-23-30)31-24-15-8-16-25-31/h5-27H,1-4H3. The molecular formula is C35H35NP2. The minimum Gasteiger partial charge on any atom is -0.256 e. The van der Waals surface area contributed by atoms with Crippen LogP contribution in [-0.4, -0.2) is 4.98 Å². The molecule has 1 heterocycles. The predicted octanol–water partition coefficient (Wildman–Crippen LogP) is 7.82. The van der Waals surface area contributed by atoms with Gasteiger partial charge in [0.15, 0.2) is 0 Å². The Morgan fingerprint density at radius 3 is 0.895 bits per heavy atom. The van der Waals surface area contributed by atoms with E-state index in [9.17, 15) is 0 Å². The van der Waals surface area contributed by atoms with Crippen LogP contribution >= 0.6 is 15.8 Å². The van der Waals surface area contributed by atoms with E-state index in [2.05, 4.69) is 167 Å². The fourth-order valence-corrected chi connectivity index (χ4v) is 11.0. The first kappa shape index (κ1) is 26.5. The average Bonchev–Trinajstić information content (AvgIpc) is 2.95. The number of benzene rings is 4. The summed E-state index contributed by atoms with van der Waals surface area (Å²) >= 11 is 0. The third-order valence-corrected chi connectivity index (χ3v) is 13.1. The van der Waals surface area contributed by atoms with E-state index in [1.807, 2.05) is 0 Å². The quantitative estimate of drug-likeness (QED) is 0.186. The highest BCUT2D eigenvalue weighted by molar-refractivity contribution is 7.74. The Morgan fingerprint density at radius 2 is 0.632 bits per heavy atom. The third kappa shape index (κ3) is 5.37. The SMILES string of the molecule is CC(C)(c1cccc(C(C)(C)P(c2ccccc2)c2ccccc2)n1)P(c1ccccc1)c1ccccc1. The molecule has 5 aromatic rings. The molecule has 0 bridgehead atoms. The van der Waals surface area contributed by atoms with Gasteiger partial charge in [0.05, 0.1) is 11.4 Å². The molecule has 38 heavy (non-hydrogen) atoms. The molecule has 0 fully saturated rings. The minimum atomic E-state index is -0.679. The number of hydrogen-bond acceptors (Lipinski definition) is 1. The summed E-state index contributed by atoms with van der Waals surface area (Å²) in [5.41, 5.74) is 2.30. The van der Waals surface area contributed by atoms with Crippen LogP contribution in [0.3, 0.4) is 0 Å². The molecule has 0 amide bonds. The monoisotopic (exact) mass is 531 g/mol. The van der Waals surface area contributed by atoms with Gasteiger partial charge in [0.25, 0.3) is 0 Å². The molecule has 0 aliphatic heterocycles. The second-order valence-corrected chi connectivity index (χ2v) is 16.2. The summed E-state index contributed by atoms with van der Waals surface area (Å²) in [5.74, 6) is 0. The zero-order chi connectivity index (χ0) is 26.6. The molecule has 0 spiro atoms. The molecule has 0 aliphatic carbocycles. The van der Waals surface area contributed by atoms with Crippen molar-refractivity contribution in [1.82, 2.24) is 4.98 Å². The zero-order valence-electron chi connectivity index (χ0n) is 22.6. The van der Waals surface area contributed by atoms with Crippen LogP contribution < -0.4 is 21.2 Å². The number of pyridine rings is 1. The third-order valence-electron chi connectivity index (χ3n) is 7.18. The highest BCUT2D eigenvalue weighted by atomic mass is 31.1. The highest BCUT2D eigenvalue weighted by Crippen LogP contribution is 2.56. The fraction of sp³-hybridized carbons (Fsp3) is 0.171. The van der Waals surface area contributed by atoms with Crippen molar-refractivity contribution in [3.05, 3.63) is 151 Å². The first-order valence-corrected chi connectivity index (χ1v) is 15.9. The van der Waals surface area contributed by atoms with Gasteiger partial charge in [-0.15, -0.1) is 0 Å². The van der Waals surface area contributed by atoms with E-state index in [1.54, 1.807) is 0 Å². The maximum absolute atomic E-state index is 5.49. The predicted molar refractivity (Wildman–Crippen MR) is 168 cm³/mol. The summed E-state index contributed by atoms with van der Waals surface area (Å²) in [4.78, 5) is 5.49. The molecule has 0 N–H and O–H groups in total. The van der Waals surface area contributed by atoms with Crippen LogP contribution in [0.4, 0.5) is 0 Å². The van der Waals surface area contributed by atoms with Gasteiger partial charge in [-0.1, -0.05) is 127 Å². The Kier molecular flexibility index (Phi) is 7.90. The Bertz CT molecular complexity index is 1260. The van der Waals surface area contributed by atoms with Crippen LogP contribution in [-0.2, 0) is 10.3 Å². The van der Waals surface area contributed by atoms with Crippen LogP contribution in [0.1, 0.15) is 39.1 Å². The lowest BCUT2D eigenvalue weighted by Crippen LogP contribution is -2.31. The van der Waals surface area contributed by atoms with E-state index in [1.165, 1.54) is 21.2 Å². The Labute approximate surface area is 230 Å². The Hall–Kier alpha value is -3.11. The summed E-state index contributed by atoms with van der Waals surface area (Å²) < 4.78 is 0. The molecule has 190 valence electrons. The van der Waals surface area contributed by atoms with Crippen molar-refractivity contribution < 1.29 is 0 Å². The Morgan fingerprint density at radius 1 is 0.368 bits per heavy atom. The van der Waals surface area contributed by atoms with E-state index in [0.29, 0.717) is 0 Å². The molecule has 0 unspecified atom stereocenters. The molecule has 5 rings (SSSR count). The summed E-state index contributed by atoms with van der Waals surface area (Å²) in [5, 5.41) is 5.18. The first-order valence-electron chi connectivity index (χ1n) is 13.2. The second kappa shape index (κ2) is 11.3. The van der Waals surface area contributed by atoms with Crippen molar-refractivity contribution in [2.24, 2.45) is 0 Å². The number of hydrogen-bond donors (Lipinski definition) is 0. The van der Waals surface area contributed by atoms with Gasteiger partial charge in [0, 0.05) is 10.3 Å². The molecule has 0 saturated heterocycles. The van der Waals surface area contributed by atoms with Crippen LogP contribution in [0.25, 0.3) is 0 Å². The second-order valence-electron chi connectivity index (χ2n) is 10.5. The van der Waals surface area contributed by atoms with Gasteiger partial charge < -0.3 is 0 Å². The van der Waals surface area contributed by atoms with Crippen molar-refractivity contribution >= 4 is 37.1 Å². The summed E-state index contributed by atoms with van der Waals surface area (Å²) in [6, 6.07) is 50.5. The molecule has 0 radical (unpaired) electrons. The summed E-state index contributed by atoms with van der Waals surface area (Å²) in [6.45, 7) is 9.48. The minimum absolute atomic E-state index is 0.160. The van der Waals surface area contributed by atoms with Crippen molar-refractivity contribution in [3.8, 4) is 0 Å². The number of rotatable bonds is 8. The van der Waals surface area contributed by atoms with Gasteiger partial charge in [0.1, 0.15) is 0 Å². The van der Waals surface area contributed by atoms with Gasteiger partial charge in [-0.2, -0.15) is 0 Å². The van der Waals surface area contributed by atoms with Gasteiger partial charge in [-0.3, -0.25) is 4.98 Å². The van der Waals surface area contributed by atoms with Gasteiger partial charge in [-0.05, 0) is 76.9 Å². The van der Waals surface area contributed by atoms with E-state index < -0.39 is 15.8 Å². The van der Waals surface area contributed by atoms with Gasteiger partial charge in [-0.25, -0.2) is 0 Å². The molecule has 3 heteroatoms. The van der Waals surface area contributed by atoms with Crippen LogP contribution in [0, 0.1) is 0 Å². The van der Waals surface area contributed by atoms with E-state index >= 15 is 0 Å². The molecule has 0 atom stereocenters. The lowest BCUT2D eigenvalue weighted by molar-refractivity contribution is 0.686. The molecule has 0 aliphatic rings. The fourth-order valence-electron chi connectivity index (χ4n) is 5.24. The van der Waals surface area contributed by atoms with Crippen molar-refractivity contribution in [2.75, 3.05) is 0 Å². The van der Waals surface area contributed by atoms with Crippen LogP contribution in [0.2, 0.25) is 0 Å². The lowest BCUT2D eigenvalue weighted by Gasteiger charge is -2.38. The van der Waals surface area contributed by atoms with E-state index in [-0.39, 0.29) is 10.3 Å². The number of nitrogens with zero attached hydrogens (tertiary/aromatic N) is 1. The summed E-state index contributed by atoms with van der Waals surface area (Å²) in [6.07, 6.45) is 0. The van der Waals surface area contributed by atoms with Gasteiger partial charge in [0.2, 0.25) is 0 Å². The molecule has 4 aromatic carbocycles. The molecular weight excluding hydrogens is 496 g/mol. The lowest BCUT2D eigenvalue weighted by atomic mass is 10.0. The highest BCUT2D eigenvalue weighted by Gasteiger charge is 2.38. The van der Waals surface area contributed by atoms with E-state index in [4.69, 9.17) is 4.98 Å². The van der Waals surface area contributed by atoms with Crippen LogP contribution in [0.15, 0.2) is 140 Å². The van der Waals surface area contributed by atoms with Gasteiger partial charge >= 0.3 is 0 Å². The van der Waals surface area contributed by atoms with E-state index in [0.717, 1.165) is 11.4 Å². The molecule has 1 nitrogen and oxygen atoms in total. The van der Waals surface area contributed by atoms with Crippen molar-refractivity contribution in [1.29, 1.82) is 0 Å². The smallest absolute Gasteiger partial charge is 0.0512 e. The average molecular weight is 532 g/mol. The summed E-state index contributed by atoms with van der Waals surface area (Å²) in [7, 11) is -1.36. The molecule has 1 aromatic heterocycles. The van der Waals surface area contributed by atoms with Crippen molar-refractivity contribution in [3.63, 3.8) is 0 Å². The van der Waals surface area contributed by atoms with Crippen LogP contribution in [0.5, 0.6) is 0 Å². The van der Waals surface area contributed by atoms with Crippen molar-refractivity contribution in [2.45, 2.75) is 38.0 Å². The maximum Gasteiger partial charge on any atom is 0.0512 e. The maximum atomic E-state index is 5.49. The largest absolute Gasteiger partial charge is 0.256 e. The normalized spacial score (nSPS) is 12.2.